The fourth-order valence-electron chi connectivity index (χ4n) is 3.50. The predicted octanol–water partition coefficient (Wildman–Crippen LogP) is 4.17. The van der Waals surface area contributed by atoms with Gasteiger partial charge in [0.2, 0.25) is 10.0 Å². The second-order valence-electron chi connectivity index (χ2n) is 6.89. The number of benzene rings is 2. The van der Waals surface area contributed by atoms with Crippen molar-refractivity contribution < 1.29 is 35.5 Å². The number of halogens is 4. The Morgan fingerprint density at radius 3 is 2.63 bits per heavy atom. The Morgan fingerprint density at radius 2 is 1.93 bits per heavy atom. The summed E-state index contributed by atoms with van der Waals surface area (Å²) in [5, 5.41) is 0. The van der Waals surface area contributed by atoms with Crippen LogP contribution < -0.4 is 9.46 Å². The van der Waals surface area contributed by atoms with Crippen LogP contribution in [0.4, 0.5) is 17.6 Å². The third kappa shape index (κ3) is 4.99. The van der Waals surface area contributed by atoms with E-state index < -0.39 is 38.5 Å². The minimum absolute atomic E-state index is 0.156. The summed E-state index contributed by atoms with van der Waals surface area (Å²) in [6.45, 7) is -0.156. The molecule has 0 heterocycles. The number of hydrogen-bond acceptors (Lipinski definition) is 4. The second-order valence-corrected chi connectivity index (χ2v) is 8.61. The average Bonchev–Trinajstić information content (AvgIpc) is 2.87. The van der Waals surface area contributed by atoms with E-state index in [1.54, 1.807) is 18.2 Å². The average molecular weight is 445 g/mol. The lowest BCUT2D eigenvalue weighted by molar-refractivity contribution is -0.137. The Bertz CT molecular complexity index is 1040. The SMILES string of the molecule is O=CCOc1cccc2c1CCCCC2NS(=O)(=O)c1cc(F)cc(C(F)(F)F)c1. The van der Waals surface area contributed by atoms with Gasteiger partial charge in [0.05, 0.1) is 10.5 Å². The highest BCUT2D eigenvalue weighted by atomic mass is 32.2. The van der Waals surface area contributed by atoms with Crippen LogP contribution in [-0.2, 0) is 27.4 Å². The fourth-order valence-corrected chi connectivity index (χ4v) is 4.81. The molecule has 162 valence electrons. The van der Waals surface area contributed by atoms with Crippen molar-refractivity contribution in [3.8, 4) is 5.75 Å². The first-order chi connectivity index (χ1) is 14.1. The van der Waals surface area contributed by atoms with Gasteiger partial charge in [0.15, 0.2) is 6.29 Å². The number of rotatable bonds is 6. The van der Waals surface area contributed by atoms with E-state index in [0.717, 1.165) is 12.0 Å². The van der Waals surface area contributed by atoms with Crippen LogP contribution in [0.3, 0.4) is 0 Å². The number of sulfonamides is 1. The summed E-state index contributed by atoms with van der Waals surface area (Å²) in [6, 6.07) is 5.50. The largest absolute Gasteiger partial charge is 0.486 e. The molecule has 30 heavy (non-hydrogen) atoms. The van der Waals surface area contributed by atoms with Gasteiger partial charge in [-0.05, 0) is 54.7 Å². The van der Waals surface area contributed by atoms with Gasteiger partial charge in [-0.3, -0.25) is 4.79 Å². The van der Waals surface area contributed by atoms with Gasteiger partial charge in [-0.2, -0.15) is 13.2 Å². The van der Waals surface area contributed by atoms with Gasteiger partial charge < -0.3 is 4.74 Å². The van der Waals surface area contributed by atoms with Crippen molar-refractivity contribution in [2.75, 3.05) is 6.61 Å². The normalized spacial score (nSPS) is 17.1. The van der Waals surface area contributed by atoms with E-state index in [1.165, 1.54) is 0 Å². The van der Waals surface area contributed by atoms with Gasteiger partial charge in [-0.25, -0.2) is 17.5 Å². The van der Waals surface area contributed by atoms with Gasteiger partial charge >= 0.3 is 6.18 Å². The first-order valence-corrected chi connectivity index (χ1v) is 10.7. The molecule has 0 radical (unpaired) electrons. The molecule has 2 aromatic rings. The predicted molar refractivity (Wildman–Crippen MR) is 100 cm³/mol. The molecule has 3 rings (SSSR count). The molecule has 0 aliphatic heterocycles. The topological polar surface area (TPSA) is 72.5 Å². The lowest BCUT2D eigenvalue weighted by atomic mass is 9.99. The summed E-state index contributed by atoms with van der Waals surface area (Å²) in [5.41, 5.74) is -0.0274. The number of fused-ring (bicyclic) bond motifs is 1. The van der Waals surface area contributed by atoms with Crippen molar-refractivity contribution in [3.63, 3.8) is 0 Å². The molecule has 10 heteroatoms. The Morgan fingerprint density at radius 1 is 1.17 bits per heavy atom. The molecule has 5 nitrogen and oxygen atoms in total. The second kappa shape index (κ2) is 8.73. The number of aldehydes is 1. The monoisotopic (exact) mass is 445 g/mol. The Kier molecular flexibility index (Phi) is 6.47. The van der Waals surface area contributed by atoms with E-state index in [0.29, 0.717) is 49.0 Å². The van der Waals surface area contributed by atoms with Crippen LogP contribution in [0.15, 0.2) is 41.3 Å². The molecule has 1 unspecified atom stereocenters. The molecule has 1 aliphatic rings. The lowest BCUT2D eigenvalue weighted by Gasteiger charge is -2.21. The summed E-state index contributed by atoms with van der Waals surface area (Å²) >= 11 is 0. The quantitative estimate of drug-likeness (QED) is 0.412. The highest BCUT2D eigenvalue weighted by molar-refractivity contribution is 7.89. The van der Waals surface area contributed by atoms with Crippen LogP contribution in [-0.4, -0.2) is 21.3 Å². The van der Waals surface area contributed by atoms with Gasteiger partial charge in [0, 0.05) is 6.04 Å². The molecule has 0 aromatic heterocycles. The van der Waals surface area contributed by atoms with Crippen LogP contribution in [0.25, 0.3) is 0 Å². The van der Waals surface area contributed by atoms with Crippen molar-refractivity contribution in [2.24, 2.45) is 0 Å². The number of nitrogens with one attached hydrogen (secondary N) is 1. The Labute approximate surface area is 171 Å². The third-order valence-corrected chi connectivity index (χ3v) is 6.28. The first kappa shape index (κ1) is 22.2. The van der Waals surface area contributed by atoms with E-state index >= 15 is 0 Å². The molecule has 1 N–H and O–H groups in total. The van der Waals surface area contributed by atoms with Crippen LogP contribution in [0.2, 0.25) is 0 Å². The van der Waals surface area contributed by atoms with Crippen molar-refractivity contribution in [1.82, 2.24) is 4.72 Å². The molecule has 0 fully saturated rings. The molecule has 0 bridgehead atoms. The molecule has 0 saturated heterocycles. The number of carbonyl (C=O) groups excluding carboxylic acids is 1. The summed E-state index contributed by atoms with van der Waals surface area (Å²) in [5.74, 6) is -0.841. The minimum Gasteiger partial charge on any atom is -0.486 e. The zero-order valence-corrected chi connectivity index (χ0v) is 16.5. The standard InChI is InChI=1S/C20H19F4NO4S/c21-14-10-13(20(22,23)24)11-15(12-14)30(27,28)25-18-6-2-1-4-17-16(18)5-3-7-19(17)29-9-8-26/h3,5,7-8,10-12,18,25H,1-2,4,6,9H2. The van der Waals surface area contributed by atoms with Crippen LogP contribution >= 0.6 is 0 Å². The Hall–Kier alpha value is -2.46. The van der Waals surface area contributed by atoms with Crippen LogP contribution in [0.1, 0.15) is 42.0 Å². The zero-order valence-electron chi connectivity index (χ0n) is 15.7. The van der Waals surface area contributed by atoms with Crippen LogP contribution in [0, 0.1) is 5.82 Å². The van der Waals surface area contributed by atoms with E-state index in [4.69, 9.17) is 4.74 Å². The molecule has 2 aromatic carbocycles. The van der Waals surface area contributed by atoms with Crippen molar-refractivity contribution in [1.29, 1.82) is 0 Å². The maximum Gasteiger partial charge on any atom is 0.416 e. The van der Waals surface area contributed by atoms with Gasteiger partial charge in [0.25, 0.3) is 0 Å². The summed E-state index contributed by atoms with van der Waals surface area (Å²) in [4.78, 5) is 9.82. The van der Waals surface area contributed by atoms with Gasteiger partial charge in [0.1, 0.15) is 18.2 Å². The molecular formula is C20H19F4NO4S. The number of carbonyl (C=O) groups is 1. The fraction of sp³-hybridized carbons (Fsp3) is 0.350. The molecule has 0 spiro atoms. The summed E-state index contributed by atoms with van der Waals surface area (Å²) in [7, 11) is -4.44. The number of alkyl halides is 3. The number of ether oxygens (including phenoxy) is 1. The maximum absolute atomic E-state index is 13.7. The summed E-state index contributed by atoms with van der Waals surface area (Å²) in [6.07, 6.45) is -1.88. The van der Waals surface area contributed by atoms with Crippen molar-refractivity contribution >= 4 is 16.3 Å². The van der Waals surface area contributed by atoms with E-state index in [9.17, 15) is 30.8 Å². The summed E-state index contributed by atoms with van der Waals surface area (Å²) < 4.78 is 86.0. The molecule has 0 saturated carbocycles. The van der Waals surface area contributed by atoms with E-state index in [-0.39, 0.29) is 12.7 Å². The van der Waals surface area contributed by atoms with Crippen molar-refractivity contribution in [3.05, 3.63) is 58.9 Å². The first-order valence-electron chi connectivity index (χ1n) is 9.20. The van der Waals surface area contributed by atoms with E-state index in [2.05, 4.69) is 4.72 Å². The zero-order chi connectivity index (χ0) is 21.9. The van der Waals surface area contributed by atoms with E-state index in [1.807, 2.05) is 0 Å². The van der Waals surface area contributed by atoms with Gasteiger partial charge in [-0.1, -0.05) is 18.6 Å². The minimum atomic E-state index is -4.88. The Balaban J connectivity index is 1.97. The molecule has 1 aliphatic carbocycles. The van der Waals surface area contributed by atoms with Crippen molar-refractivity contribution in [2.45, 2.75) is 42.8 Å². The highest BCUT2D eigenvalue weighted by Gasteiger charge is 2.33. The molecular weight excluding hydrogens is 426 g/mol. The lowest BCUT2D eigenvalue weighted by Crippen LogP contribution is -2.29. The number of hydrogen-bond donors (Lipinski definition) is 1. The smallest absolute Gasteiger partial charge is 0.416 e. The molecule has 0 amide bonds. The third-order valence-electron chi connectivity index (χ3n) is 4.83. The molecule has 1 atom stereocenters. The highest BCUT2D eigenvalue weighted by Crippen LogP contribution is 2.36. The van der Waals surface area contributed by atoms with Crippen LogP contribution in [0.5, 0.6) is 5.75 Å². The maximum atomic E-state index is 13.7. The van der Waals surface area contributed by atoms with Gasteiger partial charge in [-0.15, -0.1) is 0 Å².